The Labute approximate surface area is 347 Å². The lowest BCUT2D eigenvalue weighted by atomic mass is 10.1. The summed E-state index contributed by atoms with van der Waals surface area (Å²) in [6.45, 7) is 7.56. The third-order valence-electron chi connectivity index (χ3n) is 9.74. The zero-order valence-corrected chi connectivity index (χ0v) is 36.9. The zero-order chi connectivity index (χ0) is 40.7. The van der Waals surface area contributed by atoms with E-state index in [4.69, 9.17) is 14.2 Å². The maximum absolute atomic E-state index is 12.6. The summed E-state index contributed by atoms with van der Waals surface area (Å²) in [5, 5.41) is 0. The van der Waals surface area contributed by atoms with Crippen LogP contribution in [-0.2, 0) is 23.8 Å². The summed E-state index contributed by atoms with van der Waals surface area (Å²) in [5.41, 5.74) is 0. The molecule has 0 N–H and O–H groups in total. The number of esters is 2. The average Bonchev–Trinajstić information content (AvgIpc) is 3.20. The molecular weight excluding hydrogens is 693 g/mol. The highest BCUT2D eigenvalue weighted by molar-refractivity contribution is 5.70. The van der Waals surface area contributed by atoms with Crippen molar-refractivity contribution in [2.45, 2.75) is 219 Å². The number of unbranched alkanes of at least 4 members (excludes halogenated alkanes) is 19. The van der Waals surface area contributed by atoms with Crippen LogP contribution in [-0.4, -0.2) is 37.9 Å². The van der Waals surface area contributed by atoms with E-state index in [-0.39, 0.29) is 25.2 Å². The van der Waals surface area contributed by atoms with E-state index in [0.29, 0.717) is 25.9 Å². The van der Waals surface area contributed by atoms with E-state index in [0.717, 1.165) is 64.2 Å². The average molecular weight is 781 g/mol. The monoisotopic (exact) mass is 781 g/mol. The van der Waals surface area contributed by atoms with E-state index in [2.05, 4.69) is 87.6 Å². The van der Waals surface area contributed by atoms with Crippen LogP contribution in [0.5, 0.6) is 0 Å². The van der Waals surface area contributed by atoms with E-state index in [1.807, 2.05) is 6.08 Å². The zero-order valence-electron chi connectivity index (χ0n) is 36.9. The maximum atomic E-state index is 12.6. The molecule has 0 heterocycles. The van der Waals surface area contributed by atoms with Gasteiger partial charge in [0.15, 0.2) is 6.10 Å². The molecular formula is C51H88O5. The second-order valence-corrected chi connectivity index (χ2v) is 15.3. The first-order valence-corrected chi connectivity index (χ1v) is 23.5. The molecule has 5 heteroatoms. The Bertz CT molecular complexity index is 1020. The lowest BCUT2D eigenvalue weighted by Crippen LogP contribution is -2.30. The summed E-state index contributed by atoms with van der Waals surface area (Å²) in [6.07, 6.45) is 59.3. The van der Waals surface area contributed by atoms with Crippen LogP contribution >= 0.6 is 0 Å². The van der Waals surface area contributed by atoms with Crippen molar-refractivity contribution in [2.24, 2.45) is 0 Å². The van der Waals surface area contributed by atoms with Crippen molar-refractivity contribution in [1.29, 1.82) is 0 Å². The van der Waals surface area contributed by atoms with Gasteiger partial charge in [0, 0.05) is 19.4 Å². The lowest BCUT2D eigenvalue weighted by Gasteiger charge is -2.18. The number of hydrogen-bond donors (Lipinski definition) is 0. The number of hydrogen-bond acceptors (Lipinski definition) is 5. The summed E-state index contributed by atoms with van der Waals surface area (Å²) >= 11 is 0. The van der Waals surface area contributed by atoms with Crippen LogP contribution < -0.4 is 0 Å². The van der Waals surface area contributed by atoms with E-state index in [1.54, 1.807) is 0 Å². The molecule has 0 saturated heterocycles. The highest BCUT2D eigenvalue weighted by atomic mass is 16.6. The SMILES string of the molecule is CC/C=C\C/C=C\C/C=C\C/C=C\CCC(=O)OCC(COCCCCCCCCCCCC/C=C\C/C=C\CCCCC)OC(=O)CCCCCCCCC. The van der Waals surface area contributed by atoms with Crippen molar-refractivity contribution in [3.63, 3.8) is 0 Å². The number of ether oxygens (including phenoxy) is 3. The normalized spacial score (nSPS) is 12.8. The second kappa shape index (κ2) is 46.7. The minimum Gasteiger partial charge on any atom is -0.462 e. The molecule has 0 bridgehead atoms. The topological polar surface area (TPSA) is 61.8 Å². The van der Waals surface area contributed by atoms with E-state index >= 15 is 0 Å². The quantitative estimate of drug-likeness (QED) is 0.0351. The molecule has 0 spiro atoms. The summed E-state index contributed by atoms with van der Waals surface area (Å²) in [5.74, 6) is -0.499. The molecule has 56 heavy (non-hydrogen) atoms. The first-order valence-electron chi connectivity index (χ1n) is 23.5. The molecule has 322 valence electrons. The fraction of sp³-hybridized carbons (Fsp3) is 0.725. The van der Waals surface area contributed by atoms with Crippen molar-refractivity contribution >= 4 is 11.9 Å². The predicted molar refractivity (Wildman–Crippen MR) is 242 cm³/mol. The van der Waals surface area contributed by atoms with Crippen molar-refractivity contribution in [1.82, 2.24) is 0 Å². The van der Waals surface area contributed by atoms with Crippen LogP contribution in [0.4, 0.5) is 0 Å². The Morgan fingerprint density at radius 2 is 0.839 bits per heavy atom. The molecule has 0 saturated carbocycles. The van der Waals surface area contributed by atoms with E-state index < -0.39 is 6.10 Å². The fourth-order valence-electron chi connectivity index (χ4n) is 6.26. The van der Waals surface area contributed by atoms with Gasteiger partial charge in [-0.25, -0.2) is 0 Å². The molecule has 0 amide bonds. The maximum Gasteiger partial charge on any atom is 0.306 e. The van der Waals surface area contributed by atoms with Gasteiger partial charge < -0.3 is 14.2 Å². The van der Waals surface area contributed by atoms with Crippen molar-refractivity contribution in [3.05, 3.63) is 72.9 Å². The van der Waals surface area contributed by atoms with Gasteiger partial charge >= 0.3 is 11.9 Å². The van der Waals surface area contributed by atoms with Gasteiger partial charge in [-0.2, -0.15) is 0 Å². The summed E-state index contributed by atoms with van der Waals surface area (Å²) in [4.78, 5) is 25.1. The van der Waals surface area contributed by atoms with E-state index in [9.17, 15) is 9.59 Å². The Balaban J connectivity index is 4.18. The minimum absolute atomic E-state index is 0.0450. The third kappa shape index (κ3) is 44.1. The van der Waals surface area contributed by atoms with Crippen molar-refractivity contribution in [2.75, 3.05) is 19.8 Å². The Hall–Kier alpha value is -2.66. The molecule has 0 aliphatic carbocycles. The smallest absolute Gasteiger partial charge is 0.306 e. The van der Waals surface area contributed by atoms with Gasteiger partial charge in [0.05, 0.1) is 6.61 Å². The summed E-state index contributed by atoms with van der Waals surface area (Å²) in [6, 6.07) is 0. The standard InChI is InChI=1S/C51H88O5/c1-4-7-10-13-16-18-20-22-23-24-25-26-27-28-30-32-34-37-40-43-46-54-47-49(56-51(53)45-42-39-35-15-12-9-6-3)48-55-50(52)44-41-38-36-33-31-29-21-19-17-14-11-8-5-2/h8,11,16-19,22-23,29,31,36,38,49H,4-7,9-10,12-15,20-21,24-28,30,32-35,37,39-48H2,1-3H3/b11-8-,18-16-,19-17-,23-22-,31-29-,38-36-. The van der Waals surface area contributed by atoms with Gasteiger partial charge in [0.1, 0.15) is 6.61 Å². The van der Waals surface area contributed by atoms with Crippen LogP contribution in [0.3, 0.4) is 0 Å². The van der Waals surface area contributed by atoms with Gasteiger partial charge in [0.2, 0.25) is 0 Å². The molecule has 5 nitrogen and oxygen atoms in total. The minimum atomic E-state index is -0.563. The molecule has 1 atom stereocenters. The van der Waals surface area contributed by atoms with Gasteiger partial charge in [0.25, 0.3) is 0 Å². The number of allylic oxidation sites excluding steroid dienone is 12. The fourth-order valence-corrected chi connectivity index (χ4v) is 6.26. The van der Waals surface area contributed by atoms with Crippen molar-refractivity contribution in [3.8, 4) is 0 Å². The molecule has 0 aliphatic heterocycles. The van der Waals surface area contributed by atoms with Gasteiger partial charge in [-0.1, -0.05) is 196 Å². The van der Waals surface area contributed by atoms with Gasteiger partial charge in [-0.15, -0.1) is 0 Å². The highest BCUT2D eigenvalue weighted by Crippen LogP contribution is 2.13. The molecule has 0 fully saturated rings. The van der Waals surface area contributed by atoms with Gasteiger partial charge in [-0.3, -0.25) is 9.59 Å². The van der Waals surface area contributed by atoms with Crippen LogP contribution in [0, 0.1) is 0 Å². The van der Waals surface area contributed by atoms with Crippen LogP contribution in [0.15, 0.2) is 72.9 Å². The molecule has 0 rings (SSSR count). The predicted octanol–water partition coefficient (Wildman–Crippen LogP) is 15.6. The Morgan fingerprint density at radius 3 is 1.39 bits per heavy atom. The molecule has 1 unspecified atom stereocenters. The lowest BCUT2D eigenvalue weighted by molar-refractivity contribution is -0.162. The first kappa shape index (κ1) is 53.3. The first-order chi connectivity index (χ1) is 27.6. The Morgan fingerprint density at radius 1 is 0.411 bits per heavy atom. The molecule has 0 aliphatic rings. The second-order valence-electron chi connectivity index (χ2n) is 15.3. The molecule has 0 aromatic heterocycles. The van der Waals surface area contributed by atoms with Crippen LogP contribution in [0.2, 0.25) is 0 Å². The number of rotatable bonds is 42. The van der Waals surface area contributed by atoms with Crippen LogP contribution in [0.1, 0.15) is 213 Å². The summed E-state index contributed by atoms with van der Waals surface area (Å²) in [7, 11) is 0. The van der Waals surface area contributed by atoms with Crippen LogP contribution in [0.25, 0.3) is 0 Å². The largest absolute Gasteiger partial charge is 0.462 e. The Kier molecular flexibility index (Phi) is 44.5. The van der Waals surface area contributed by atoms with Crippen molar-refractivity contribution < 1.29 is 23.8 Å². The third-order valence-corrected chi connectivity index (χ3v) is 9.74. The highest BCUT2D eigenvalue weighted by Gasteiger charge is 2.17. The molecule has 0 radical (unpaired) electrons. The number of carbonyl (C=O) groups excluding carboxylic acids is 2. The van der Waals surface area contributed by atoms with Gasteiger partial charge in [-0.05, 0) is 77.0 Å². The summed E-state index contributed by atoms with van der Waals surface area (Å²) < 4.78 is 17.2. The van der Waals surface area contributed by atoms with E-state index in [1.165, 1.54) is 109 Å². The molecule has 0 aromatic rings. The molecule has 0 aromatic carbocycles. The number of carbonyl (C=O) groups is 2.